The molecule has 0 amide bonds. The lowest BCUT2D eigenvalue weighted by Crippen LogP contribution is -2.48. The summed E-state index contributed by atoms with van der Waals surface area (Å²) in [5.74, 6) is -5.26. The Balaban J connectivity index is 0.000000671. The van der Waals surface area contributed by atoms with Crippen molar-refractivity contribution in [2.45, 2.75) is 24.7 Å². The third-order valence-corrected chi connectivity index (χ3v) is 7.90. The molecule has 0 aliphatic rings. The Hall–Kier alpha value is -8.28. The highest BCUT2D eigenvalue weighted by Crippen LogP contribution is 2.22. The molecule has 6 heterocycles. The van der Waals surface area contributed by atoms with Crippen molar-refractivity contribution in [2.24, 2.45) is 0 Å². The molecule has 6 aromatic rings. The van der Waals surface area contributed by atoms with Gasteiger partial charge >= 0.3 is 35.8 Å². The molecule has 0 aromatic carbocycles. The summed E-state index contributed by atoms with van der Waals surface area (Å²) >= 11 is 0. The van der Waals surface area contributed by atoms with Crippen LogP contribution in [0, 0.1) is 0 Å². The van der Waals surface area contributed by atoms with Crippen molar-refractivity contribution in [3.63, 3.8) is 0 Å². The molecule has 60 heavy (non-hydrogen) atoms. The largest absolute Gasteiger partial charge is 0.478 e. The predicted octanol–water partition coefficient (Wildman–Crippen LogP) is 4.52. The highest BCUT2D eigenvalue weighted by molar-refractivity contribution is 5.92. The fourth-order valence-electron chi connectivity index (χ4n) is 4.98. The van der Waals surface area contributed by atoms with E-state index in [9.17, 15) is 28.8 Å². The van der Waals surface area contributed by atoms with E-state index in [1.165, 1.54) is 135 Å². The summed E-state index contributed by atoms with van der Waals surface area (Å²) in [6, 6.07) is 17.9. The first-order chi connectivity index (χ1) is 29.2. The number of pyridine rings is 6. The Kier molecular flexibility index (Phi) is 16.0. The first-order valence-electron chi connectivity index (χ1n) is 17.8. The predicted molar refractivity (Wildman–Crippen MR) is 205 cm³/mol. The molecule has 1 N–H and O–H groups in total. The monoisotopic (exact) mass is 814 g/mol. The van der Waals surface area contributed by atoms with E-state index >= 15 is 0 Å². The molecule has 18 nitrogen and oxygen atoms in total. The van der Waals surface area contributed by atoms with Gasteiger partial charge in [0.1, 0.15) is 12.7 Å². The molecule has 3 atom stereocenters. The lowest BCUT2D eigenvalue weighted by molar-refractivity contribution is -0.105. The lowest BCUT2D eigenvalue weighted by Gasteiger charge is -2.32. The van der Waals surface area contributed by atoms with Crippen LogP contribution in [-0.4, -0.2) is 102 Å². The number of aromatic nitrogens is 6. The normalized spacial score (nSPS) is 11.8. The zero-order valence-corrected chi connectivity index (χ0v) is 31.3. The van der Waals surface area contributed by atoms with Gasteiger partial charge < -0.3 is 28.8 Å². The maximum absolute atomic E-state index is 13.5. The summed E-state index contributed by atoms with van der Waals surface area (Å²) < 4.78 is 28.5. The second-order valence-corrected chi connectivity index (χ2v) is 12.0. The molecule has 0 radical (unpaired) electrons. The highest BCUT2D eigenvalue weighted by Gasteiger charge is 2.40. The van der Waals surface area contributed by atoms with E-state index in [1.807, 2.05) is 0 Å². The molecule has 304 valence electrons. The Bertz CT molecular complexity index is 2310. The third kappa shape index (κ3) is 13.2. The smallest absolute Gasteiger partial charge is 0.340 e. The number of carbonyl (C=O) groups excluding carboxylic acids is 5. The van der Waals surface area contributed by atoms with E-state index in [1.54, 1.807) is 12.1 Å². The van der Waals surface area contributed by atoms with Gasteiger partial charge in [0.15, 0.2) is 12.2 Å². The van der Waals surface area contributed by atoms with Gasteiger partial charge in [-0.15, -0.1) is 0 Å². The average Bonchev–Trinajstić information content (AvgIpc) is 3.31. The van der Waals surface area contributed by atoms with E-state index < -0.39 is 60.7 Å². The van der Waals surface area contributed by atoms with Crippen LogP contribution in [0.3, 0.4) is 0 Å². The van der Waals surface area contributed by atoms with Crippen LogP contribution in [0.1, 0.15) is 68.6 Å². The number of hydrogen-bond acceptors (Lipinski definition) is 17. The number of carboxylic acids is 1. The van der Waals surface area contributed by atoms with Crippen molar-refractivity contribution in [3.8, 4) is 0 Å². The molecule has 6 aromatic heterocycles. The summed E-state index contributed by atoms with van der Waals surface area (Å²) in [6.07, 6.45) is 11.5. The van der Waals surface area contributed by atoms with E-state index in [0.717, 1.165) is 0 Å². The molecule has 18 heteroatoms. The number of carboxylic acid groups (broad SMARTS) is 1. The summed E-state index contributed by atoms with van der Waals surface area (Å²) in [6.45, 7) is -1.04. The Morgan fingerprint density at radius 1 is 0.433 bits per heavy atom. The number of rotatable bonds is 16. The van der Waals surface area contributed by atoms with Crippen LogP contribution >= 0.6 is 0 Å². The highest BCUT2D eigenvalue weighted by atomic mass is 16.6. The Labute approximate surface area is 341 Å². The second-order valence-electron chi connectivity index (χ2n) is 12.0. The van der Waals surface area contributed by atoms with Gasteiger partial charge in [-0.3, -0.25) is 29.9 Å². The van der Waals surface area contributed by atoms with Crippen molar-refractivity contribution >= 4 is 35.8 Å². The van der Waals surface area contributed by atoms with Gasteiger partial charge in [0.2, 0.25) is 0 Å². The Morgan fingerprint density at radius 3 is 1.12 bits per heavy atom. The van der Waals surface area contributed by atoms with Crippen molar-refractivity contribution in [2.75, 3.05) is 13.2 Å². The summed E-state index contributed by atoms with van der Waals surface area (Å²) in [5.41, 5.74) is 0.532. The van der Waals surface area contributed by atoms with Crippen LogP contribution in [0.4, 0.5) is 0 Å². The molecular weight excluding hydrogens is 780 g/mol. The van der Waals surface area contributed by atoms with Crippen molar-refractivity contribution in [1.29, 1.82) is 0 Å². The number of esters is 5. The quantitative estimate of drug-likeness (QED) is 0.104. The van der Waals surface area contributed by atoms with Crippen molar-refractivity contribution < 1.29 is 57.6 Å². The van der Waals surface area contributed by atoms with Gasteiger partial charge in [0.25, 0.3) is 0 Å². The van der Waals surface area contributed by atoms with Gasteiger partial charge in [-0.25, -0.2) is 28.8 Å². The molecule has 6 rings (SSSR count). The summed E-state index contributed by atoms with van der Waals surface area (Å²) in [5, 5.41) is 8.34. The van der Waals surface area contributed by atoms with E-state index in [0.29, 0.717) is 0 Å². The van der Waals surface area contributed by atoms with Gasteiger partial charge in [0.05, 0.1) is 40.0 Å². The van der Waals surface area contributed by atoms with E-state index in [4.69, 9.17) is 28.8 Å². The standard InChI is InChI=1S/C36H29N5O10.C6H5NO2/c42-32(24-6-1-12-37-18-24)47-17-11-29(49-34(44)26-8-3-14-39-20-26)31(51-36(46)28-10-5-16-41-22-28)30(50-35(45)27-9-4-15-40-21-27)23-48-33(43)25-7-2-13-38-19-25;8-6(9)5-2-1-3-7-4-5/h1-10,12-16,18-22,29-31H,11,17,23H2;1-4H,(H,8,9). The minimum absolute atomic E-state index is 0.00697. The minimum atomic E-state index is -1.65. The number of hydrogen-bond donors (Lipinski definition) is 1. The van der Waals surface area contributed by atoms with Crippen LogP contribution in [0.15, 0.2) is 147 Å². The number of aromatic carboxylic acids is 1. The fourth-order valence-corrected chi connectivity index (χ4v) is 4.98. The van der Waals surface area contributed by atoms with Gasteiger partial charge in [0, 0.05) is 80.8 Å². The zero-order valence-electron chi connectivity index (χ0n) is 31.3. The minimum Gasteiger partial charge on any atom is -0.478 e. The molecule has 3 unspecified atom stereocenters. The van der Waals surface area contributed by atoms with E-state index in [2.05, 4.69) is 29.9 Å². The van der Waals surface area contributed by atoms with Crippen LogP contribution in [0.5, 0.6) is 0 Å². The number of nitrogens with zero attached hydrogens (tertiary/aromatic N) is 6. The number of ether oxygens (including phenoxy) is 5. The van der Waals surface area contributed by atoms with Gasteiger partial charge in [-0.05, 0) is 72.8 Å². The summed E-state index contributed by atoms with van der Waals surface area (Å²) in [7, 11) is 0. The molecule has 0 spiro atoms. The molecule has 0 bridgehead atoms. The summed E-state index contributed by atoms with van der Waals surface area (Å²) in [4.78, 5) is 99.5. The van der Waals surface area contributed by atoms with Gasteiger partial charge in [-0.1, -0.05) is 0 Å². The molecule has 0 aliphatic carbocycles. The molecule has 0 saturated carbocycles. The van der Waals surface area contributed by atoms with E-state index in [-0.39, 0.29) is 46.4 Å². The van der Waals surface area contributed by atoms with Crippen LogP contribution < -0.4 is 0 Å². The van der Waals surface area contributed by atoms with Crippen LogP contribution in [0.2, 0.25) is 0 Å². The van der Waals surface area contributed by atoms with Gasteiger partial charge in [-0.2, -0.15) is 0 Å². The SMILES string of the molecule is O=C(O)c1cccnc1.O=C(OCCC(OC(=O)c1cccnc1)C(OC(=O)c1cccnc1)C(COC(=O)c1cccnc1)OC(=O)c1cccnc1)c1cccnc1. The first-order valence-corrected chi connectivity index (χ1v) is 17.8. The molecule has 0 fully saturated rings. The molecule has 0 saturated heterocycles. The van der Waals surface area contributed by atoms with Crippen LogP contribution in [0.25, 0.3) is 0 Å². The Morgan fingerprint density at radius 2 is 0.767 bits per heavy atom. The molecule has 0 aliphatic heterocycles. The first kappa shape index (κ1) is 42.9. The lowest BCUT2D eigenvalue weighted by atomic mass is 10.0. The van der Waals surface area contributed by atoms with Crippen molar-refractivity contribution in [1.82, 2.24) is 29.9 Å². The average molecular weight is 815 g/mol. The van der Waals surface area contributed by atoms with Crippen LogP contribution in [-0.2, 0) is 23.7 Å². The maximum Gasteiger partial charge on any atom is 0.340 e. The fraction of sp³-hybridized carbons (Fsp3) is 0.143. The second kappa shape index (κ2) is 22.5. The zero-order chi connectivity index (χ0) is 42.5. The third-order valence-electron chi connectivity index (χ3n) is 7.90. The topological polar surface area (TPSA) is 246 Å². The van der Waals surface area contributed by atoms with Crippen molar-refractivity contribution in [3.05, 3.63) is 181 Å². The maximum atomic E-state index is 13.5. The molecular formula is C42H34N6O12. The number of carbonyl (C=O) groups is 6.